The van der Waals surface area contributed by atoms with Gasteiger partial charge in [0.25, 0.3) is 16.8 Å². The average molecular weight is 521 g/mol. The highest BCUT2D eigenvalue weighted by Crippen LogP contribution is 2.35. The number of nitrogens with zero attached hydrogens (tertiary/aromatic N) is 3. The van der Waals surface area contributed by atoms with Gasteiger partial charge in [-0.2, -0.15) is 0 Å². The molecule has 2 heterocycles. The summed E-state index contributed by atoms with van der Waals surface area (Å²) in [5.74, 6) is -2.04. The molecular formula is C22H18ClFN4O6S. The molecule has 2 aliphatic heterocycles. The summed E-state index contributed by atoms with van der Waals surface area (Å²) in [7, 11) is 0. The molecule has 0 aromatic heterocycles. The first-order valence-electron chi connectivity index (χ1n) is 10.3. The number of benzene rings is 2. The second-order valence-electron chi connectivity index (χ2n) is 7.54. The van der Waals surface area contributed by atoms with Gasteiger partial charge in [-0.25, -0.2) is 4.39 Å². The number of thioether (sulfide) groups is 1. The Balaban J connectivity index is 1.55. The number of anilines is 2. The number of nitrogens with one attached hydrogen (secondary N) is 1. The molecule has 2 aromatic carbocycles. The van der Waals surface area contributed by atoms with Crippen molar-refractivity contribution in [3.63, 3.8) is 0 Å². The van der Waals surface area contributed by atoms with E-state index in [0.29, 0.717) is 49.3 Å². The molecular weight excluding hydrogens is 503 g/mol. The molecule has 10 nitrogen and oxygen atoms in total. The molecule has 0 aliphatic carbocycles. The highest BCUT2D eigenvalue weighted by Gasteiger charge is 2.36. The van der Waals surface area contributed by atoms with Gasteiger partial charge in [-0.1, -0.05) is 11.6 Å². The number of morpholine rings is 1. The molecule has 0 bridgehead atoms. The lowest BCUT2D eigenvalue weighted by Crippen LogP contribution is -2.36. The van der Waals surface area contributed by atoms with E-state index in [-0.39, 0.29) is 21.3 Å². The molecule has 2 fully saturated rings. The number of amides is 3. The number of ether oxygens (including phenoxy) is 1. The molecule has 2 aliphatic rings. The lowest BCUT2D eigenvalue weighted by atomic mass is 10.1. The first-order chi connectivity index (χ1) is 16.7. The molecule has 0 unspecified atom stereocenters. The van der Waals surface area contributed by atoms with Crippen molar-refractivity contribution in [2.45, 2.75) is 0 Å². The number of carbonyl (C=O) groups excluding carboxylic acids is 3. The predicted molar refractivity (Wildman–Crippen MR) is 129 cm³/mol. The Bertz CT molecular complexity index is 1250. The van der Waals surface area contributed by atoms with Gasteiger partial charge in [-0.15, -0.1) is 0 Å². The largest absolute Gasteiger partial charge is 0.378 e. The van der Waals surface area contributed by atoms with E-state index in [1.54, 1.807) is 6.07 Å². The number of hydrogen-bond donors (Lipinski definition) is 1. The van der Waals surface area contributed by atoms with Crippen LogP contribution in [0, 0.1) is 15.9 Å². The molecule has 0 radical (unpaired) electrons. The van der Waals surface area contributed by atoms with Crippen LogP contribution in [0.25, 0.3) is 6.08 Å². The number of imide groups is 1. The van der Waals surface area contributed by atoms with Crippen molar-refractivity contribution in [3.8, 4) is 0 Å². The maximum atomic E-state index is 13.3. The Morgan fingerprint density at radius 2 is 1.97 bits per heavy atom. The van der Waals surface area contributed by atoms with Gasteiger partial charge in [0, 0.05) is 42.2 Å². The molecule has 0 saturated carbocycles. The third kappa shape index (κ3) is 5.61. The summed E-state index contributed by atoms with van der Waals surface area (Å²) < 4.78 is 18.7. The molecule has 13 heteroatoms. The smallest absolute Gasteiger partial charge is 0.294 e. The molecule has 3 amide bonds. The summed E-state index contributed by atoms with van der Waals surface area (Å²) in [6.45, 7) is 1.53. The number of nitro benzene ring substituents is 1. The molecule has 4 rings (SSSR count). The number of hydrogen-bond acceptors (Lipinski definition) is 8. The molecule has 0 atom stereocenters. The second kappa shape index (κ2) is 10.4. The zero-order chi connectivity index (χ0) is 25.1. The molecule has 2 saturated heterocycles. The van der Waals surface area contributed by atoms with Crippen molar-refractivity contribution >= 4 is 63.6 Å². The fourth-order valence-corrected chi connectivity index (χ4v) is 4.57. The van der Waals surface area contributed by atoms with Gasteiger partial charge in [0.15, 0.2) is 0 Å². The summed E-state index contributed by atoms with van der Waals surface area (Å²) in [6, 6.07) is 7.89. The minimum absolute atomic E-state index is 0.0302. The minimum atomic E-state index is -0.702. The van der Waals surface area contributed by atoms with Crippen molar-refractivity contribution < 1.29 is 28.4 Å². The monoisotopic (exact) mass is 520 g/mol. The number of halogens is 2. The third-order valence-corrected chi connectivity index (χ3v) is 6.44. The molecule has 35 heavy (non-hydrogen) atoms. The lowest BCUT2D eigenvalue weighted by molar-refractivity contribution is -0.384. The number of carbonyl (C=O) groups is 3. The van der Waals surface area contributed by atoms with Gasteiger partial charge in [0.05, 0.1) is 28.1 Å². The summed E-state index contributed by atoms with van der Waals surface area (Å²) in [5.41, 5.74) is 1.11. The van der Waals surface area contributed by atoms with Crippen LogP contribution in [0.3, 0.4) is 0 Å². The fourth-order valence-electron chi connectivity index (χ4n) is 3.56. The van der Waals surface area contributed by atoms with Gasteiger partial charge in [0.2, 0.25) is 5.91 Å². The van der Waals surface area contributed by atoms with Crippen molar-refractivity contribution in [2.75, 3.05) is 43.1 Å². The van der Waals surface area contributed by atoms with Crippen LogP contribution in [0.4, 0.5) is 26.2 Å². The SMILES string of the molecule is O=C(CN1C(=O)S/C(=C\c2cc([N+](=O)[O-])ccc2N2CCOCC2)C1=O)Nc1ccc(F)c(Cl)c1. The van der Waals surface area contributed by atoms with E-state index < -0.39 is 34.3 Å². The molecule has 1 N–H and O–H groups in total. The quantitative estimate of drug-likeness (QED) is 0.346. The Labute approximate surface area is 207 Å². The Hall–Kier alpha value is -3.48. The van der Waals surface area contributed by atoms with Crippen LogP contribution in [0.1, 0.15) is 5.56 Å². The van der Waals surface area contributed by atoms with Gasteiger partial charge < -0.3 is 15.0 Å². The van der Waals surface area contributed by atoms with Gasteiger partial charge in [-0.3, -0.25) is 29.4 Å². The van der Waals surface area contributed by atoms with Crippen LogP contribution in [0.5, 0.6) is 0 Å². The van der Waals surface area contributed by atoms with E-state index in [4.69, 9.17) is 16.3 Å². The predicted octanol–water partition coefficient (Wildman–Crippen LogP) is 3.90. The highest BCUT2D eigenvalue weighted by molar-refractivity contribution is 8.18. The van der Waals surface area contributed by atoms with E-state index in [1.807, 2.05) is 4.90 Å². The Morgan fingerprint density at radius 1 is 1.23 bits per heavy atom. The first kappa shape index (κ1) is 24.6. The van der Waals surface area contributed by atoms with Crippen LogP contribution in [-0.2, 0) is 14.3 Å². The van der Waals surface area contributed by atoms with Gasteiger partial charge in [0.1, 0.15) is 12.4 Å². The van der Waals surface area contributed by atoms with Crippen LogP contribution in [-0.4, -0.2) is 59.7 Å². The normalized spacial score (nSPS) is 17.3. The van der Waals surface area contributed by atoms with Gasteiger partial charge >= 0.3 is 0 Å². The van der Waals surface area contributed by atoms with Crippen molar-refractivity contribution in [3.05, 3.63) is 67.8 Å². The van der Waals surface area contributed by atoms with E-state index >= 15 is 0 Å². The van der Waals surface area contributed by atoms with Crippen molar-refractivity contribution in [1.29, 1.82) is 0 Å². The van der Waals surface area contributed by atoms with Crippen LogP contribution >= 0.6 is 23.4 Å². The third-order valence-electron chi connectivity index (χ3n) is 5.24. The average Bonchev–Trinajstić information content (AvgIpc) is 3.09. The van der Waals surface area contributed by atoms with Crippen LogP contribution < -0.4 is 10.2 Å². The number of rotatable bonds is 6. The summed E-state index contributed by atoms with van der Waals surface area (Å²) in [5, 5.41) is 12.9. The standard InChI is InChI=1S/C22H18ClFN4O6S/c23-16-11-14(1-3-17(16)24)25-20(29)12-27-21(30)19(35-22(27)31)10-13-9-15(28(32)33)2-4-18(13)26-5-7-34-8-6-26/h1-4,9-11H,5-8,12H2,(H,25,29)/b19-10-. The fraction of sp³-hybridized carbons (Fsp3) is 0.227. The lowest BCUT2D eigenvalue weighted by Gasteiger charge is -2.30. The summed E-state index contributed by atoms with van der Waals surface area (Å²) >= 11 is 6.33. The molecule has 0 spiro atoms. The summed E-state index contributed by atoms with van der Waals surface area (Å²) in [4.78, 5) is 51.3. The Morgan fingerprint density at radius 3 is 2.66 bits per heavy atom. The number of nitro groups is 1. The van der Waals surface area contributed by atoms with Crippen LogP contribution in [0.2, 0.25) is 5.02 Å². The van der Waals surface area contributed by atoms with E-state index in [9.17, 15) is 28.9 Å². The molecule has 182 valence electrons. The highest BCUT2D eigenvalue weighted by atomic mass is 35.5. The van der Waals surface area contributed by atoms with E-state index in [1.165, 1.54) is 30.3 Å². The number of non-ortho nitro benzene ring substituents is 1. The Kier molecular flexibility index (Phi) is 7.34. The maximum Gasteiger partial charge on any atom is 0.294 e. The first-order valence-corrected chi connectivity index (χ1v) is 11.5. The maximum absolute atomic E-state index is 13.3. The van der Waals surface area contributed by atoms with Gasteiger partial charge in [-0.05, 0) is 42.1 Å². The van der Waals surface area contributed by atoms with E-state index in [2.05, 4.69) is 5.32 Å². The van der Waals surface area contributed by atoms with Crippen molar-refractivity contribution in [1.82, 2.24) is 4.90 Å². The van der Waals surface area contributed by atoms with Crippen LogP contribution in [0.15, 0.2) is 41.3 Å². The zero-order valence-corrected chi connectivity index (χ0v) is 19.6. The van der Waals surface area contributed by atoms with E-state index in [0.717, 1.165) is 11.0 Å². The van der Waals surface area contributed by atoms with Crippen molar-refractivity contribution in [2.24, 2.45) is 0 Å². The zero-order valence-electron chi connectivity index (χ0n) is 18.0. The minimum Gasteiger partial charge on any atom is -0.378 e. The molecule has 2 aromatic rings. The summed E-state index contributed by atoms with van der Waals surface area (Å²) in [6.07, 6.45) is 1.42. The second-order valence-corrected chi connectivity index (χ2v) is 8.94. The topological polar surface area (TPSA) is 122 Å².